The number of hydrogen-bond acceptors (Lipinski definition) is 3. The first-order valence-electron chi connectivity index (χ1n) is 7.57. The summed E-state index contributed by atoms with van der Waals surface area (Å²) in [5, 5.41) is 5.23. The molecule has 0 aliphatic rings. The highest BCUT2D eigenvalue weighted by molar-refractivity contribution is 5.92. The molecule has 1 rings (SSSR count). The smallest absolute Gasteiger partial charge is 0.239 e. The monoisotopic (exact) mass is 304 g/mol. The van der Waals surface area contributed by atoms with Crippen molar-refractivity contribution in [1.82, 2.24) is 10.6 Å². The van der Waals surface area contributed by atoms with Crippen LogP contribution in [0.15, 0.2) is 30.3 Å². The van der Waals surface area contributed by atoms with E-state index in [0.29, 0.717) is 12.8 Å². The molecule has 0 spiro atoms. The molecule has 22 heavy (non-hydrogen) atoms. The van der Waals surface area contributed by atoms with Crippen LogP contribution in [0.1, 0.15) is 32.8 Å². The summed E-state index contributed by atoms with van der Waals surface area (Å²) in [6.07, 6.45) is 0.775. The molecule has 1 aromatic rings. The lowest BCUT2D eigenvalue weighted by molar-refractivity contribution is -0.130. The van der Waals surface area contributed by atoms with E-state index in [4.69, 9.17) is 0 Å². The van der Waals surface area contributed by atoms with Crippen LogP contribution >= 0.6 is 0 Å². The normalized spacial score (nSPS) is 11.8. The Bertz CT molecular complexity index is 512. The first kappa shape index (κ1) is 17.9. The number of rotatable bonds is 8. The highest BCUT2D eigenvalue weighted by Gasteiger charge is 2.23. The van der Waals surface area contributed by atoms with Gasteiger partial charge in [0, 0.05) is 12.3 Å². The average Bonchev–Trinajstić information content (AvgIpc) is 2.52. The van der Waals surface area contributed by atoms with Crippen molar-refractivity contribution in [1.29, 1.82) is 0 Å². The average molecular weight is 304 g/mol. The van der Waals surface area contributed by atoms with Gasteiger partial charge in [0.15, 0.2) is 5.78 Å². The van der Waals surface area contributed by atoms with E-state index in [1.165, 1.54) is 0 Å². The van der Waals surface area contributed by atoms with Gasteiger partial charge in [0.2, 0.25) is 11.8 Å². The van der Waals surface area contributed by atoms with Gasteiger partial charge >= 0.3 is 0 Å². The topological polar surface area (TPSA) is 75.3 Å². The van der Waals surface area contributed by atoms with Crippen LogP contribution in [-0.4, -0.2) is 30.2 Å². The minimum Gasteiger partial charge on any atom is -0.347 e. The molecule has 0 bridgehead atoms. The van der Waals surface area contributed by atoms with Crippen LogP contribution in [0.5, 0.6) is 0 Å². The standard InChI is InChI=1S/C17H24N2O3/c1-4-15(20)18-11-16(21)19-14(17(22)12(2)3)10-13-8-6-5-7-9-13/h5-9,12,14H,4,10-11H2,1-3H3,(H,18,20)(H,19,21)/t14-/m0/s1. The Balaban J connectivity index is 2.68. The number of benzene rings is 1. The Morgan fingerprint density at radius 3 is 2.23 bits per heavy atom. The van der Waals surface area contributed by atoms with Crippen LogP contribution in [0.4, 0.5) is 0 Å². The Kier molecular flexibility index (Phi) is 7.29. The van der Waals surface area contributed by atoms with Crippen molar-refractivity contribution in [3.05, 3.63) is 35.9 Å². The molecule has 2 N–H and O–H groups in total. The van der Waals surface area contributed by atoms with Crippen molar-refractivity contribution in [3.63, 3.8) is 0 Å². The van der Waals surface area contributed by atoms with Gasteiger partial charge < -0.3 is 10.6 Å². The van der Waals surface area contributed by atoms with E-state index >= 15 is 0 Å². The molecule has 0 saturated carbocycles. The molecule has 0 aliphatic carbocycles. The fourth-order valence-electron chi connectivity index (χ4n) is 2.02. The van der Waals surface area contributed by atoms with Crippen LogP contribution < -0.4 is 10.6 Å². The van der Waals surface area contributed by atoms with Crippen LogP contribution in [0.25, 0.3) is 0 Å². The van der Waals surface area contributed by atoms with Crippen LogP contribution in [0, 0.1) is 5.92 Å². The lowest BCUT2D eigenvalue weighted by Gasteiger charge is -2.20. The van der Waals surface area contributed by atoms with Crippen molar-refractivity contribution >= 4 is 17.6 Å². The number of carbonyl (C=O) groups excluding carboxylic acids is 3. The van der Waals surface area contributed by atoms with Gasteiger partial charge in [-0.2, -0.15) is 0 Å². The van der Waals surface area contributed by atoms with Crippen LogP contribution in [0.3, 0.4) is 0 Å². The number of carbonyl (C=O) groups is 3. The number of hydrogen-bond donors (Lipinski definition) is 2. The summed E-state index contributed by atoms with van der Waals surface area (Å²) in [5.41, 5.74) is 0.986. The lowest BCUT2D eigenvalue weighted by Crippen LogP contribution is -2.47. The van der Waals surface area contributed by atoms with Gasteiger partial charge in [0.05, 0.1) is 12.6 Å². The van der Waals surface area contributed by atoms with E-state index < -0.39 is 6.04 Å². The third-order valence-corrected chi connectivity index (χ3v) is 3.30. The second-order valence-electron chi connectivity index (χ2n) is 5.50. The third kappa shape index (κ3) is 6.08. The minimum atomic E-state index is -0.576. The molecule has 0 aromatic heterocycles. The maximum atomic E-state index is 12.3. The van der Waals surface area contributed by atoms with Gasteiger partial charge in [-0.15, -0.1) is 0 Å². The second-order valence-corrected chi connectivity index (χ2v) is 5.50. The van der Waals surface area contributed by atoms with Crippen molar-refractivity contribution in [2.24, 2.45) is 5.92 Å². The molecule has 0 heterocycles. The highest BCUT2D eigenvalue weighted by Crippen LogP contribution is 2.08. The maximum absolute atomic E-state index is 12.3. The molecule has 0 saturated heterocycles. The zero-order chi connectivity index (χ0) is 16.5. The number of Topliss-reactive ketones (excluding diaryl/α,β-unsaturated/α-hetero) is 1. The van der Waals surface area contributed by atoms with Crippen LogP contribution in [0.2, 0.25) is 0 Å². The zero-order valence-electron chi connectivity index (χ0n) is 13.4. The number of nitrogens with one attached hydrogen (secondary N) is 2. The summed E-state index contributed by atoms with van der Waals surface area (Å²) in [6, 6.07) is 8.97. The first-order valence-corrected chi connectivity index (χ1v) is 7.57. The molecule has 0 fully saturated rings. The third-order valence-electron chi connectivity index (χ3n) is 3.30. The Labute approximate surface area is 131 Å². The van der Waals surface area contributed by atoms with E-state index in [1.807, 2.05) is 44.2 Å². The number of ketones is 1. The highest BCUT2D eigenvalue weighted by atomic mass is 16.2. The van der Waals surface area contributed by atoms with Gasteiger partial charge in [-0.3, -0.25) is 14.4 Å². The minimum absolute atomic E-state index is 0.0148. The quantitative estimate of drug-likeness (QED) is 0.763. The van der Waals surface area contributed by atoms with E-state index in [2.05, 4.69) is 10.6 Å². The first-order chi connectivity index (χ1) is 10.4. The number of amides is 2. The molecule has 5 nitrogen and oxygen atoms in total. The fraction of sp³-hybridized carbons (Fsp3) is 0.471. The predicted octanol–water partition coefficient (Wildman–Crippen LogP) is 1.47. The van der Waals surface area contributed by atoms with E-state index in [-0.39, 0.29) is 30.1 Å². The molecule has 5 heteroatoms. The molecule has 120 valence electrons. The summed E-state index contributed by atoms with van der Waals surface area (Å²) in [7, 11) is 0. The van der Waals surface area contributed by atoms with E-state index in [9.17, 15) is 14.4 Å². The van der Waals surface area contributed by atoms with Crippen molar-refractivity contribution in [2.75, 3.05) is 6.54 Å². The predicted molar refractivity (Wildman–Crippen MR) is 85.2 cm³/mol. The Morgan fingerprint density at radius 1 is 1.05 bits per heavy atom. The van der Waals surface area contributed by atoms with Gasteiger partial charge in [-0.25, -0.2) is 0 Å². The summed E-state index contributed by atoms with van der Waals surface area (Å²) in [5.74, 6) is -0.722. The maximum Gasteiger partial charge on any atom is 0.239 e. The van der Waals surface area contributed by atoms with Gasteiger partial charge in [0.25, 0.3) is 0 Å². The molecule has 0 aliphatic heterocycles. The van der Waals surface area contributed by atoms with Crippen LogP contribution in [-0.2, 0) is 20.8 Å². The molecular formula is C17H24N2O3. The van der Waals surface area contributed by atoms with Gasteiger partial charge in [0.1, 0.15) is 0 Å². The largest absolute Gasteiger partial charge is 0.347 e. The zero-order valence-corrected chi connectivity index (χ0v) is 13.4. The Hall–Kier alpha value is -2.17. The summed E-state index contributed by atoms with van der Waals surface area (Å²) >= 11 is 0. The van der Waals surface area contributed by atoms with Crippen molar-refractivity contribution in [2.45, 2.75) is 39.7 Å². The Morgan fingerprint density at radius 2 is 1.68 bits per heavy atom. The molecule has 0 radical (unpaired) electrons. The summed E-state index contributed by atoms with van der Waals surface area (Å²) < 4.78 is 0. The molecule has 1 aromatic carbocycles. The molecule has 1 atom stereocenters. The van der Waals surface area contributed by atoms with E-state index in [0.717, 1.165) is 5.56 Å². The SMILES string of the molecule is CCC(=O)NCC(=O)N[C@@H](Cc1ccccc1)C(=O)C(C)C. The fourth-order valence-corrected chi connectivity index (χ4v) is 2.02. The summed E-state index contributed by atoms with van der Waals surface area (Å²) in [6.45, 7) is 5.23. The summed E-state index contributed by atoms with van der Waals surface area (Å²) in [4.78, 5) is 35.4. The van der Waals surface area contributed by atoms with Gasteiger partial charge in [-0.05, 0) is 12.0 Å². The second kappa shape index (κ2) is 8.97. The molecular weight excluding hydrogens is 280 g/mol. The molecule has 2 amide bonds. The van der Waals surface area contributed by atoms with Gasteiger partial charge in [-0.1, -0.05) is 51.1 Å². The van der Waals surface area contributed by atoms with E-state index in [1.54, 1.807) is 6.92 Å². The lowest BCUT2D eigenvalue weighted by atomic mass is 9.95. The van der Waals surface area contributed by atoms with Crippen molar-refractivity contribution in [3.8, 4) is 0 Å². The van der Waals surface area contributed by atoms with Crippen molar-refractivity contribution < 1.29 is 14.4 Å². The molecule has 0 unspecified atom stereocenters.